The van der Waals surface area contributed by atoms with Crippen LogP contribution in [0.25, 0.3) is 0 Å². The molecule has 172 valence electrons. The molecule has 2 atom stereocenters. The van der Waals surface area contributed by atoms with Crippen molar-refractivity contribution in [1.29, 1.82) is 0 Å². The second kappa shape index (κ2) is 10.2. The van der Waals surface area contributed by atoms with Crippen LogP contribution in [-0.4, -0.2) is 52.0 Å². The smallest absolute Gasteiger partial charge is 0.355 e. The number of alkyl halides is 3. The number of rotatable bonds is 8. The molecule has 0 N–H and O–H groups in total. The number of hydrogen-bond acceptors (Lipinski definition) is 5. The zero-order valence-electron chi connectivity index (χ0n) is 18.9. The van der Waals surface area contributed by atoms with Crippen molar-refractivity contribution in [2.24, 2.45) is 5.92 Å². The lowest BCUT2D eigenvalue weighted by atomic mass is 9.81. The van der Waals surface area contributed by atoms with Gasteiger partial charge in [-0.2, -0.15) is 11.2 Å². The number of carbonyl (C=O) groups excluding carboxylic acids is 3. The maximum atomic E-state index is 12.8. The monoisotopic (exact) mass is 515 g/mol. The fraction of sp³-hybridized carbons (Fsp3) is 0.750. The van der Waals surface area contributed by atoms with Crippen molar-refractivity contribution >= 4 is 70.9 Å². The number of nitrogens with zero attached hydrogens (tertiary/aromatic N) is 1. The highest BCUT2D eigenvalue weighted by atomic mass is 35.6. The molecular weight excluding hydrogens is 485 g/mol. The highest BCUT2D eigenvalue weighted by Crippen LogP contribution is 2.44. The van der Waals surface area contributed by atoms with Gasteiger partial charge in [-0.1, -0.05) is 68.7 Å². The van der Waals surface area contributed by atoms with E-state index in [4.69, 9.17) is 39.5 Å². The number of allylic oxidation sites excluding steroid dienone is 1. The zero-order chi connectivity index (χ0) is 23.7. The van der Waals surface area contributed by atoms with Gasteiger partial charge in [0.2, 0.25) is 9.70 Å². The van der Waals surface area contributed by atoms with Crippen LogP contribution < -0.4 is 0 Å². The molecule has 0 spiro atoms. The van der Waals surface area contributed by atoms with E-state index in [2.05, 4.69) is 33.9 Å². The first-order chi connectivity index (χ1) is 13.4. The number of ketones is 1. The van der Waals surface area contributed by atoms with E-state index < -0.39 is 29.5 Å². The van der Waals surface area contributed by atoms with Gasteiger partial charge in [0, 0.05) is 0 Å². The molecule has 0 aliphatic carbocycles. The highest BCUT2D eigenvalue weighted by Gasteiger charge is 2.53. The molecule has 30 heavy (non-hydrogen) atoms. The molecule has 1 aliphatic rings. The summed E-state index contributed by atoms with van der Waals surface area (Å²) < 4.78 is 3.37. The van der Waals surface area contributed by atoms with Crippen LogP contribution in [0.2, 0.25) is 18.1 Å². The number of ether oxygens (including phenoxy) is 1. The van der Waals surface area contributed by atoms with Crippen molar-refractivity contribution < 1.29 is 19.1 Å². The number of Topliss-reactive ketones (excluding diaryl/α,β-unsaturated/α-hetero) is 1. The maximum Gasteiger partial charge on any atom is 0.355 e. The molecule has 1 heterocycles. The quantitative estimate of drug-likeness (QED) is 0.103. The van der Waals surface area contributed by atoms with E-state index in [1.165, 1.54) is 11.8 Å². The number of halogens is 3. The highest BCUT2D eigenvalue weighted by molar-refractivity contribution is 8.29. The van der Waals surface area contributed by atoms with Crippen molar-refractivity contribution in [3.05, 3.63) is 11.3 Å². The molecule has 0 aromatic carbocycles. The van der Waals surface area contributed by atoms with Crippen LogP contribution in [0.3, 0.4) is 0 Å². The van der Waals surface area contributed by atoms with Gasteiger partial charge in [-0.25, -0.2) is 4.79 Å². The van der Waals surface area contributed by atoms with Crippen LogP contribution in [0.1, 0.15) is 48.0 Å². The standard InChI is InChI=1S/C20H32Cl3NO4SSi/c1-12(2)16(18(27)28-11-20(21,22)23)24-14(15(13(3)25)17(24)26)9-10-29-30(7,8)19(4,5)6/h14-15H,9-11H2,1-8H3/t14-,15+/m1/s1. The van der Waals surface area contributed by atoms with Gasteiger partial charge in [0.05, 0.1) is 6.04 Å². The predicted octanol–water partition coefficient (Wildman–Crippen LogP) is 5.74. The van der Waals surface area contributed by atoms with E-state index in [9.17, 15) is 14.4 Å². The summed E-state index contributed by atoms with van der Waals surface area (Å²) in [6.07, 6.45) is 0.613. The summed E-state index contributed by atoms with van der Waals surface area (Å²) in [4.78, 5) is 38.9. The first-order valence-corrected chi connectivity index (χ1v) is 15.6. The molecule has 0 unspecified atom stereocenters. The summed E-state index contributed by atoms with van der Waals surface area (Å²) in [5.74, 6) is -1.25. The third-order valence-corrected chi connectivity index (χ3v) is 15.3. The van der Waals surface area contributed by atoms with Crippen LogP contribution in [0.5, 0.6) is 0 Å². The summed E-state index contributed by atoms with van der Waals surface area (Å²) in [7, 11) is -1.57. The molecule has 1 saturated heterocycles. The zero-order valence-corrected chi connectivity index (χ0v) is 23.0. The Balaban J connectivity index is 3.04. The molecule has 0 radical (unpaired) electrons. The van der Waals surface area contributed by atoms with Gasteiger partial charge in [-0.3, -0.25) is 9.59 Å². The average Bonchev–Trinajstić information content (AvgIpc) is 2.53. The van der Waals surface area contributed by atoms with Crippen molar-refractivity contribution in [3.8, 4) is 0 Å². The van der Waals surface area contributed by atoms with Gasteiger partial charge in [0.1, 0.15) is 31.2 Å². The maximum absolute atomic E-state index is 12.8. The Hall–Kier alpha value is -0.213. The molecule has 0 bridgehead atoms. The van der Waals surface area contributed by atoms with Crippen LogP contribution in [0.15, 0.2) is 11.3 Å². The minimum absolute atomic E-state index is 0.120. The number of β-lactam (4-membered cyclic amide) rings is 1. The van der Waals surface area contributed by atoms with Crippen LogP contribution >= 0.6 is 46.0 Å². The Morgan fingerprint density at radius 3 is 2.07 bits per heavy atom. The van der Waals surface area contributed by atoms with Crippen LogP contribution in [0.4, 0.5) is 0 Å². The van der Waals surface area contributed by atoms with E-state index in [1.54, 1.807) is 13.8 Å². The Morgan fingerprint density at radius 2 is 1.67 bits per heavy atom. The van der Waals surface area contributed by atoms with E-state index in [0.29, 0.717) is 12.0 Å². The first kappa shape index (κ1) is 27.8. The molecule has 0 aromatic rings. The van der Waals surface area contributed by atoms with Crippen molar-refractivity contribution in [3.63, 3.8) is 0 Å². The number of hydrogen-bond donors (Lipinski definition) is 0. The third kappa shape index (κ3) is 6.89. The van der Waals surface area contributed by atoms with E-state index in [-0.39, 0.29) is 28.5 Å². The van der Waals surface area contributed by atoms with Crippen molar-refractivity contribution in [1.82, 2.24) is 4.90 Å². The molecule has 0 saturated carbocycles. The van der Waals surface area contributed by atoms with Gasteiger partial charge >= 0.3 is 5.97 Å². The molecule has 1 amide bonds. The summed E-state index contributed by atoms with van der Waals surface area (Å²) >= 11 is 18.9. The van der Waals surface area contributed by atoms with Gasteiger partial charge in [0.15, 0.2) is 0 Å². The Morgan fingerprint density at radius 1 is 1.13 bits per heavy atom. The lowest BCUT2D eigenvalue weighted by Crippen LogP contribution is -2.63. The van der Waals surface area contributed by atoms with Gasteiger partial charge in [-0.05, 0) is 43.6 Å². The SMILES string of the molecule is CC(=O)[C@@H]1C(=O)N(C(C(=O)OCC(Cl)(Cl)Cl)=C(C)C)[C@@H]1CCS[Si](C)(C)C(C)(C)C. The summed E-state index contributed by atoms with van der Waals surface area (Å²) in [6, 6.07) is -0.377. The fourth-order valence-corrected chi connectivity index (χ4v) is 7.62. The molecular formula is C20H32Cl3NO4SSi. The summed E-state index contributed by atoms with van der Waals surface area (Å²) in [5, 5.41) is 0.221. The second-order valence-electron chi connectivity index (χ2n) is 9.30. The Bertz CT molecular complexity index is 725. The van der Waals surface area contributed by atoms with Crippen LogP contribution in [0, 0.1) is 5.92 Å². The number of esters is 1. The van der Waals surface area contributed by atoms with Crippen molar-refractivity contribution in [2.75, 3.05) is 12.4 Å². The Labute approximate surface area is 199 Å². The molecule has 1 fully saturated rings. The topological polar surface area (TPSA) is 63.7 Å². The largest absolute Gasteiger partial charge is 0.456 e. The van der Waals surface area contributed by atoms with E-state index in [0.717, 1.165) is 5.75 Å². The summed E-state index contributed by atoms with van der Waals surface area (Å²) in [6.45, 7) is 15.8. The first-order valence-electron chi connectivity index (χ1n) is 9.79. The van der Waals surface area contributed by atoms with Gasteiger partial charge < -0.3 is 9.64 Å². The third-order valence-electron chi connectivity index (χ3n) is 5.62. The molecule has 10 heteroatoms. The minimum Gasteiger partial charge on any atom is -0.456 e. The van der Waals surface area contributed by atoms with Gasteiger partial charge in [-0.15, -0.1) is 0 Å². The summed E-state index contributed by atoms with van der Waals surface area (Å²) in [5.41, 5.74) is 0.718. The second-order valence-corrected chi connectivity index (χ2v) is 21.0. The predicted molar refractivity (Wildman–Crippen MR) is 129 cm³/mol. The number of amides is 1. The fourth-order valence-electron chi connectivity index (χ4n) is 2.97. The molecule has 1 aliphatic heterocycles. The minimum atomic E-state index is -1.75. The number of carbonyl (C=O) groups is 3. The molecule has 5 nitrogen and oxygen atoms in total. The normalized spacial score (nSPS) is 20.0. The van der Waals surface area contributed by atoms with E-state index >= 15 is 0 Å². The van der Waals surface area contributed by atoms with Crippen molar-refractivity contribution in [2.45, 2.75) is 75.9 Å². The molecule has 0 aromatic heterocycles. The average molecular weight is 517 g/mol. The number of likely N-dealkylation sites (tertiary alicyclic amines) is 1. The van der Waals surface area contributed by atoms with Crippen LogP contribution in [-0.2, 0) is 19.1 Å². The Kier molecular flexibility index (Phi) is 9.42. The lowest BCUT2D eigenvalue weighted by Gasteiger charge is -2.47. The van der Waals surface area contributed by atoms with E-state index in [1.807, 2.05) is 11.2 Å². The molecule has 1 rings (SSSR count). The van der Waals surface area contributed by atoms with Gasteiger partial charge in [0.25, 0.3) is 0 Å². The lowest BCUT2D eigenvalue weighted by molar-refractivity contribution is -0.162.